The van der Waals surface area contributed by atoms with E-state index in [0.717, 1.165) is 22.2 Å². The number of amides is 1. The first-order chi connectivity index (χ1) is 12.1. The number of nitrogens with one attached hydrogen (secondary N) is 2. The van der Waals surface area contributed by atoms with E-state index in [4.69, 9.17) is 0 Å². The molecular weight excluding hydrogens is 361 g/mol. The topological polar surface area (TPSA) is 74.8 Å². The molecule has 1 aromatic carbocycles. The smallest absolute Gasteiger partial charge is 0.251 e. The molecule has 0 saturated heterocycles. The summed E-state index contributed by atoms with van der Waals surface area (Å²) in [5, 5.41) is 5.26. The molecule has 0 aliphatic carbocycles. The van der Waals surface area contributed by atoms with Gasteiger partial charge in [0.1, 0.15) is 5.82 Å². The number of carbonyl (C=O) groups is 1. The van der Waals surface area contributed by atoms with Crippen LogP contribution in [0.15, 0.2) is 64.0 Å². The minimum absolute atomic E-state index is 0.107. The number of rotatable bonds is 6. The molecule has 0 aliphatic rings. The monoisotopic (exact) mass is 375 g/mol. The fraction of sp³-hybridized carbons (Fsp3) is 0.118. The maximum absolute atomic E-state index is 13.2. The Morgan fingerprint density at radius 2 is 2.08 bits per heavy atom. The summed E-state index contributed by atoms with van der Waals surface area (Å²) in [5.74, 6) is -0.426. The zero-order chi connectivity index (χ0) is 17.6. The van der Waals surface area contributed by atoms with Gasteiger partial charge in [-0.2, -0.15) is 0 Å². The van der Waals surface area contributed by atoms with Crippen molar-refractivity contribution in [2.24, 2.45) is 0 Å². The molecule has 0 saturated carbocycles. The fourth-order valence-corrected chi connectivity index (χ4v) is 3.65. The third kappa shape index (κ3) is 4.77. The normalized spacial score (nSPS) is 11.9. The molecule has 2 aromatic heterocycles. The number of halogens is 1. The van der Waals surface area contributed by atoms with Crippen molar-refractivity contribution in [3.05, 3.63) is 80.7 Å². The predicted molar refractivity (Wildman–Crippen MR) is 96.3 cm³/mol. The molecule has 0 radical (unpaired) electrons. The molecule has 2 heterocycles. The molecule has 8 heteroatoms. The van der Waals surface area contributed by atoms with Gasteiger partial charge in [0.15, 0.2) is 5.16 Å². The molecule has 0 unspecified atom stereocenters. The average molecular weight is 375 g/mol. The Balaban J connectivity index is 1.70. The molecule has 1 amide bonds. The number of thiophene rings is 1. The first-order valence-electron chi connectivity index (χ1n) is 7.38. The summed E-state index contributed by atoms with van der Waals surface area (Å²) in [6, 6.07) is 10.8. The number of carbonyl (C=O) groups excluding carboxylic acids is 1. The summed E-state index contributed by atoms with van der Waals surface area (Å²) in [6.45, 7) is 0. The van der Waals surface area contributed by atoms with E-state index >= 15 is 0 Å². The molecule has 3 rings (SSSR count). The molecule has 0 bridgehead atoms. The Morgan fingerprint density at radius 3 is 2.76 bits per heavy atom. The zero-order valence-corrected chi connectivity index (χ0v) is 14.6. The molecule has 1 atom stereocenters. The number of nitrogens with zero attached hydrogens (tertiary/aromatic N) is 1. The van der Waals surface area contributed by atoms with Crippen molar-refractivity contribution >= 4 is 29.0 Å². The summed E-state index contributed by atoms with van der Waals surface area (Å²) in [6.07, 6.45) is 1.39. The zero-order valence-electron chi connectivity index (χ0n) is 12.9. The second-order valence-electron chi connectivity index (χ2n) is 5.10. The molecule has 0 fully saturated rings. The van der Waals surface area contributed by atoms with Gasteiger partial charge < -0.3 is 10.3 Å². The lowest BCUT2D eigenvalue weighted by atomic mass is 10.1. The number of aromatic amines is 1. The van der Waals surface area contributed by atoms with Crippen molar-refractivity contribution in [1.82, 2.24) is 15.3 Å². The highest BCUT2D eigenvalue weighted by Crippen LogP contribution is 2.26. The van der Waals surface area contributed by atoms with E-state index in [2.05, 4.69) is 15.3 Å². The highest BCUT2D eigenvalue weighted by molar-refractivity contribution is 7.99. The van der Waals surface area contributed by atoms with E-state index < -0.39 is 0 Å². The van der Waals surface area contributed by atoms with E-state index in [-0.39, 0.29) is 29.1 Å². The first kappa shape index (κ1) is 17.4. The van der Waals surface area contributed by atoms with Gasteiger partial charge in [0.2, 0.25) is 5.91 Å². The molecule has 2 N–H and O–H groups in total. The number of H-pyrrole nitrogens is 1. The number of hydrogen-bond donors (Lipinski definition) is 2. The van der Waals surface area contributed by atoms with Crippen molar-refractivity contribution in [3.8, 4) is 0 Å². The largest absolute Gasteiger partial charge is 0.344 e. The van der Waals surface area contributed by atoms with Crippen LogP contribution in [0.4, 0.5) is 4.39 Å². The lowest BCUT2D eigenvalue weighted by Crippen LogP contribution is -2.30. The second-order valence-corrected chi connectivity index (χ2v) is 7.04. The van der Waals surface area contributed by atoms with Gasteiger partial charge in [0.25, 0.3) is 5.56 Å². The standard InChI is InChI=1S/C17H14FN3O2S2/c18-12-5-3-11(4-6-12)16(13-2-1-9-24-13)20-15(23)10-25-17-19-8-7-14(22)21-17/h1-9,16H,10H2,(H,20,23)(H,19,21,22)/t16-/m0/s1. The van der Waals surface area contributed by atoms with E-state index in [1.807, 2.05) is 17.5 Å². The number of hydrogen-bond acceptors (Lipinski definition) is 5. The van der Waals surface area contributed by atoms with Crippen LogP contribution < -0.4 is 10.9 Å². The average Bonchev–Trinajstić information content (AvgIpc) is 3.13. The Labute approximate surface area is 151 Å². The van der Waals surface area contributed by atoms with E-state index in [9.17, 15) is 14.0 Å². The van der Waals surface area contributed by atoms with Gasteiger partial charge >= 0.3 is 0 Å². The van der Waals surface area contributed by atoms with Crippen LogP contribution in [-0.4, -0.2) is 21.6 Å². The van der Waals surface area contributed by atoms with Crippen molar-refractivity contribution in [2.45, 2.75) is 11.2 Å². The summed E-state index contributed by atoms with van der Waals surface area (Å²) < 4.78 is 13.2. The molecule has 0 aliphatic heterocycles. The van der Waals surface area contributed by atoms with Crippen LogP contribution >= 0.6 is 23.1 Å². The van der Waals surface area contributed by atoms with E-state index in [0.29, 0.717) is 5.16 Å². The lowest BCUT2D eigenvalue weighted by Gasteiger charge is -2.18. The van der Waals surface area contributed by atoms with Gasteiger partial charge in [-0.05, 0) is 29.1 Å². The molecule has 128 valence electrons. The predicted octanol–water partition coefficient (Wildman–Crippen LogP) is 2.97. The molecular formula is C17H14FN3O2S2. The third-order valence-corrected chi connectivity index (χ3v) is 5.15. The Bertz CT molecular complexity index is 895. The second kappa shape index (κ2) is 8.09. The molecule has 25 heavy (non-hydrogen) atoms. The minimum Gasteiger partial charge on any atom is -0.344 e. The van der Waals surface area contributed by atoms with Gasteiger partial charge in [-0.15, -0.1) is 11.3 Å². The van der Waals surface area contributed by atoms with Crippen molar-refractivity contribution < 1.29 is 9.18 Å². The quantitative estimate of drug-likeness (QED) is 0.513. The van der Waals surface area contributed by atoms with Crippen LogP contribution in [-0.2, 0) is 4.79 Å². The van der Waals surface area contributed by atoms with Gasteiger partial charge in [-0.25, -0.2) is 9.37 Å². The van der Waals surface area contributed by atoms with Crippen LogP contribution in [0.1, 0.15) is 16.5 Å². The lowest BCUT2D eigenvalue weighted by molar-refractivity contribution is -0.119. The SMILES string of the molecule is O=C(CSc1nccc(=O)[nH]1)N[C@@H](c1ccc(F)cc1)c1cccs1. The van der Waals surface area contributed by atoms with Gasteiger partial charge in [0, 0.05) is 17.1 Å². The summed E-state index contributed by atoms with van der Waals surface area (Å²) in [4.78, 5) is 31.1. The highest BCUT2D eigenvalue weighted by atomic mass is 32.2. The number of benzene rings is 1. The van der Waals surface area contributed by atoms with Crippen LogP contribution in [0.25, 0.3) is 0 Å². The highest BCUT2D eigenvalue weighted by Gasteiger charge is 2.18. The number of thioether (sulfide) groups is 1. The first-order valence-corrected chi connectivity index (χ1v) is 9.25. The van der Waals surface area contributed by atoms with Crippen molar-refractivity contribution in [1.29, 1.82) is 0 Å². The van der Waals surface area contributed by atoms with Crippen LogP contribution in [0.3, 0.4) is 0 Å². The Hall–Kier alpha value is -2.45. The molecule has 5 nitrogen and oxygen atoms in total. The fourth-order valence-electron chi connectivity index (χ4n) is 2.19. The van der Waals surface area contributed by atoms with Gasteiger partial charge in [-0.3, -0.25) is 9.59 Å². The molecule has 0 spiro atoms. The Kier molecular flexibility index (Phi) is 5.62. The maximum Gasteiger partial charge on any atom is 0.251 e. The maximum atomic E-state index is 13.2. The van der Waals surface area contributed by atoms with Crippen molar-refractivity contribution in [3.63, 3.8) is 0 Å². The third-order valence-electron chi connectivity index (χ3n) is 3.32. The number of aromatic nitrogens is 2. The van der Waals surface area contributed by atoms with Crippen LogP contribution in [0, 0.1) is 5.82 Å². The van der Waals surface area contributed by atoms with Crippen LogP contribution in [0.2, 0.25) is 0 Å². The van der Waals surface area contributed by atoms with Gasteiger partial charge in [-0.1, -0.05) is 30.0 Å². The molecule has 3 aromatic rings. The minimum atomic E-state index is -0.350. The Morgan fingerprint density at radius 1 is 1.28 bits per heavy atom. The summed E-state index contributed by atoms with van der Waals surface area (Å²) in [5.41, 5.74) is 0.536. The van der Waals surface area contributed by atoms with Gasteiger partial charge in [0.05, 0.1) is 11.8 Å². The van der Waals surface area contributed by atoms with E-state index in [1.165, 1.54) is 35.7 Å². The van der Waals surface area contributed by atoms with Crippen molar-refractivity contribution in [2.75, 3.05) is 5.75 Å². The van der Waals surface area contributed by atoms with E-state index in [1.54, 1.807) is 12.1 Å². The summed E-state index contributed by atoms with van der Waals surface area (Å²) >= 11 is 2.66. The summed E-state index contributed by atoms with van der Waals surface area (Å²) in [7, 11) is 0. The van der Waals surface area contributed by atoms with Crippen LogP contribution in [0.5, 0.6) is 0 Å².